The summed E-state index contributed by atoms with van der Waals surface area (Å²) in [7, 11) is 0. The van der Waals surface area contributed by atoms with Gasteiger partial charge in [-0.1, -0.05) is 0 Å². The molecule has 0 radical (unpaired) electrons. The lowest BCUT2D eigenvalue weighted by atomic mass is 10.2. The second-order valence-electron chi connectivity index (χ2n) is 5.24. The number of aryl methyl sites for hydroxylation is 2. The molecule has 0 spiro atoms. The first-order valence-electron chi connectivity index (χ1n) is 6.94. The minimum atomic E-state index is -0.524. The lowest BCUT2D eigenvalue weighted by molar-refractivity contribution is -0.122. The Labute approximate surface area is 127 Å². The highest BCUT2D eigenvalue weighted by Crippen LogP contribution is 2.32. The van der Waals surface area contributed by atoms with E-state index < -0.39 is 6.10 Å². The van der Waals surface area contributed by atoms with Crippen LogP contribution in [0, 0.1) is 13.8 Å². The van der Waals surface area contributed by atoms with Gasteiger partial charge in [-0.25, -0.2) is 0 Å². The molecule has 2 heterocycles. The molecule has 22 heavy (non-hydrogen) atoms. The first kappa shape index (κ1) is 14.2. The second kappa shape index (κ2) is 5.22. The van der Waals surface area contributed by atoms with Crippen molar-refractivity contribution in [1.29, 1.82) is 0 Å². The molecule has 3 rings (SSSR count). The van der Waals surface area contributed by atoms with Crippen molar-refractivity contribution in [2.45, 2.75) is 26.9 Å². The van der Waals surface area contributed by atoms with Gasteiger partial charge >= 0.3 is 0 Å². The van der Waals surface area contributed by atoms with Crippen molar-refractivity contribution in [2.24, 2.45) is 0 Å². The van der Waals surface area contributed by atoms with Crippen LogP contribution in [0.25, 0.3) is 0 Å². The van der Waals surface area contributed by atoms with Crippen molar-refractivity contribution in [3.63, 3.8) is 0 Å². The number of ether oxygens (including phenoxy) is 1. The zero-order chi connectivity index (χ0) is 15.9. The van der Waals surface area contributed by atoms with Gasteiger partial charge in [0.05, 0.1) is 11.3 Å². The molecule has 6 heteroatoms. The third-order valence-corrected chi connectivity index (χ3v) is 3.45. The maximum Gasteiger partial charge on any atom is 0.265 e. The Morgan fingerprint density at radius 1 is 1.27 bits per heavy atom. The molecule has 2 amide bonds. The van der Waals surface area contributed by atoms with Crippen LogP contribution >= 0.6 is 0 Å². The number of furan rings is 1. The van der Waals surface area contributed by atoms with Gasteiger partial charge in [-0.15, -0.1) is 0 Å². The molecule has 2 N–H and O–H groups in total. The van der Waals surface area contributed by atoms with Gasteiger partial charge in [0.15, 0.2) is 6.10 Å². The Hall–Kier alpha value is -2.76. The van der Waals surface area contributed by atoms with Crippen LogP contribution < -0.4 is 15.4 Å². The zero-order valence-electron chi connectivity index (χ0n) is 12.5. The maximum absolute atomic E-state index is 12.2. The van der Waals surface area contributed by atoms with Crippen molar-refractivity contribution in [3.05, 3.63) is 41.3 Å². The predicted octanol–water partition coefficient (Wildman–Crippen LogP) is 2.87. The fourth-order valence-electron chi connectivity index (χ4n) is 2.34. The minimum absolute atomic E-state index is 0.211. The molecule has 1 atom stereocenters. The zero-order valence-corrected chi connectivity index (χ0v) is 12.5. The first-order chi connectivity index (χ1) is 10.4. The molecule has 1 aromatic carbocycles. The summed E-state index contributed by atoms with van der Waals surface area (Å²) in [4.78, 5) is 23.9. The SMILES string of the molecule is Cc1cc(C(=O)Nc2ccc3c(c2)NC(=O)C(C)O3)c(C)o1. The number of benzene rings is 1. The number of carbonyl (C=O) groups is 2. The molecule has 1 aliphatic rings. The topological polar surface area (TPSA) is 80.6 Å². The van der Waals surface area contributed by atoms with E-state index in [1.807, 2.05) is 0 Å². The van der Waals surface area contributed by atoms with Crippen molar-refractivity contribution >= 4 is 23.2 Å². The smallest absolute Gasteiger partial charge is 0.265 e. The van der Waals surface area contributed by atoms with Crippen LogP contribution in [0.15, 0.2) is 28.7 Å². The third kappa shape index (κ3) is 2.55. The molecule has 2 aromatic rings. The lowest BCUT2D eigenvalue weighted by Gasteiger charge is -2.23. The number of anilines is 2. The first-order valence-corrected chi connectivity index (χ1v) is 6.94. The van der Waals surface area contributed by atoms with Gasteiger partial charge in [0, 0.05) is 5.69 Å². The summed E-state index contributed by atoms with van der Waals surface area (Å²) in [5.41, 5.74) is 1.60. The number of amides is 2. The lowest BCUT2D eigenvalue weighted by Crippen LogP contribution is -2.34. The quantitative estimate of drug-likeness (QED) is 0.893. The van der Waals surface area contributed by atoms with E-state index in [0.717, 1.165) is 0 Å². The van der Waals surface area contributed by atoms with Crippen LogP contribution in [-0.4, -0.2) is 17.9 Å². The molecule has 0 fully saturated rings. The Morgan fingerprint density at radius 3 is 2.73 bits per heavy atom. The Morgan fingerprint density at radius 2 is 2.05 bits per heavy atom. The summed E-state index contributed by atoms with van der Waals surface area (Å²) in [6.07, 6.45) is -0.524. The number of hydrogen-bond acceptors (Lipinski definition) is 4. The third-order valence-electron chi connectivity index (χ3n) is 3.45. The molecule has 1 unspecified atom stereocenters. The van der Waals surface area contributed by atoms with Crippen molar-refractivity contribution < 1.29 is 18.7 Å². The Bertz CT molecular complexity index is 764. The van der Waals surface area contributed by atoms with Gasteiger partial charge in [-0.05, 0) is 45.0 Å². The molecular weight excluding hydrogens is 284 g/mol. The summed E-state index contributed by atoms with van der Waals surface area (Å²) in [5.74, 6) is 1.37. The predicted molar refractivity (Wildman–Crippen MR) is 81.3 cm³/mol. The molecular formula is C16H16N2O4. The van der Waals surface area contributed by atoms with Gasteiger partial charge in [-0.2, -0.15) is 0 Å². The van der Waals surface area contributed by atoms with E-state index in [4.69, 9.17) is 9.15 Å². The molecule has 0 bridgehead atoms. The highest BCUT2D eigenvalue weighted by molar-refractivity contribution is 6.06. The van der Waals surface area contributed by atoms with Gasteiger partial charge in [0.1, 0.15) is 17.3 Å². The molecule has 0 aliphatic carbocycles. The average Bonchev–Trinajstić information content (AvgIpc) is 2.79. The van der Waals surface area contributed by atoms with Gasteiger partial charge in [0.25, 0.3) is 11.8 Å². The van der Waals surface area contributed by atoms with Crippen LogP contribution in [0.3, 0.4) is 0 Å². The van der Waals surface area contributed by atoms with E-state index in [0.29, 0.717) is 34.2 Å². The second-order valence-corrected chi connectivity index (χ2v) is 5.24. The van der Waals surface area contributed by atoms with E-state index in [9.17, 15) is 9.59 Å². The van der Waals surface area contributed by atoms with Crippen LogP contribution in [-0.2, 0) is 4.79 Å². The summed E-state index contributed by atoms with van der Waals surface area (Å²) < 4.78 is 10.8. The van der Waals surface area contributed by atoms with Crippen LogP contribution in [0.5, 0.6) is 5.75 Å². The Kier molecular flexibility index (Phi) is 3.36. The highest BCUT2D eigenvalue weighted by atomic mass is 16.5. The van der Waals surface area contributed by atoms with Crippen molar-refractivity contribution in [1.82, 2.24) is 0 Å². The van der Waals surface area contributed by atoms with Crippen LogP contribution in [0.1, 0.15) is 28.8 Å². The van der Waals surface area contributed by atoms with Crippen molar-refractivity contribution in [2.75, 3.05) is 10.6 Å². The van der Waals surface area contributed by atoms with Crippen molar-refractivity contribution in [3.8, 4) is 5.75 Å². The number of fused-ring (bicyclic) bond motifs is 1. The molecule has 0 saturated carbocycles. The number of hydrogen-bond donors (Lipinski definition) is 2. The van der Waals surface area contributed by atoms with Gasteiger partial charge in [-0.3, -0.25) is 9.59 Å². The van der Waals surface area contributed by atoms with Gasteiger partial charge < -0.3 is 19.8 Å². The fourth-order valence-corrected chi connectivity index (χ4v) is 2.34. The summed E-state index contributed by atoms with van der Waals surface area (Å²) in [5, 5.41) is 5.53. The van der Waals surface area contributed by atoms with E-state index in [1.54, 1.807) is 45.0 Å². The summed E-state index contributed by atoms with van der Waals surface area (Å²) >= 11 is 0. The normalized spacial score (nSPS) is 16.5. The standard InChI is InChI=1S/C16H16N2O4/c1-8-6-12(9(2)21-8)16(20)17-11-4-5-14-13(7-11)18-15(19)10(3)22-14/h4-7,10H,1-3H3,(H,17,20)(H,18,19). The van der Waals surface area contributed by atoms with Crippen LogP contribution in [0.4, 0.5) is 11.4 Å². The molecule has 114 valence electrons. The molecule has 0 saturated heterocycles. The largest absolute Gasteiger partial charge is 0.479 e. The summed E-state index contributed by atoms with van der Waals surface area (Å²) in [6, 6.07) is 6.80. The monoisotopic (exact) mass is 300 g/mol. The summed E-state index contributed by atoms with van der Waals surface area (Å²) in [6.45, 7) is 5.21. The molecule has 1 aliphatic heterocycles. The molecule has 6 nitrogen and oxygen atoms in total. The number of carbonyl (C=O) groups excluding carboxylic acids is 2. The van der Waals surface area contributed by atoms with Gasteiger partial charge in [0.2, 0.25) is 0 Å². The molecule has 1 aromatic heterocycles. The number of rotatable bonds is 2. The van der Waals surface area contributed by atoms with E-state index in [1.165, 1.54) is 0 Å². The minimum Gasteiger partial charge on any atom is -0.479 e. The maximum atomic E-state index is 12.2. The number of nitrogens with one attached hydrogen (secondary N) is 2. The Balaban J connectivity index is 1.82. The van der Waals surface area contributed by atoms with E-state index in [-0.39, 0.29) is 11.8 Å². The fraction of sp³-hybridized carbons (Fsp3) is 0.250. The average molecular weight is 300 g/mol. The van der Waals surface area contributed by atoms with E-state index in [2.05, 4.69) is 10.6 Å². The van der Waals surface area contributed by atoms with E-state index >= 15 is 0 Å². The van der Waals surface area contributed by atoms with Crippen LogP contribution in [0.2, 0.25) is 0 Å². The highest BCUT2D eigenvalue weighted by Gasteiger charge is 2.24.